The van der Waals surface area contributed by atoms with E-state index >= 15 is 0 Å². The van der Waals surface area contributed by atoms with Gasteiger partial charge in [-0.25, -0.2) is 13.6 Å². The summed E-state index contributed by atoms with van der Waals surface area (Å²) in [6, 6.07) is -1.14. The number of benzene rings is 1. The number of alkyl halides is 2. The third-order valence-corrected chi connectivity index (χ3v) is 7.22. The molecular weight excluding hydrogens is 471 g/mol. The summed E-state index contributed by atoms with van der Waals surface area (Å²) in [5.74, 6) is -1.42. The Morgan fingerprint density at radius 1 is 1.32 bits per heavy atom. The molecule has 188 valence electrons. The van der Waals surface area contributed by atoms with Crippen molar-refractivity contribution in [3.05, 3.63) is 39.5 Å². The number of hydroxylamine groups is 1. The van der Waals surface area contributed by atoms with Crippen LogP contribution >= 0.6 is 7.95 Å². The van der Waals surface area contributed by atoms with Crippen LogP contribution in [0.1, 0.15) is 60.3 Å². The molecule has 1 aliphatic heterocycles. The summed E-state index contributed by atoms with van der Waals surface area (Å²) >= 11 is 0. The first kappa shape index (κ1) is 27.8. The van der Waals surface area contributed by atoms with Crippen LogP contribution in [0.15, 0.2) is 11.6 Å². The maximum absolute atomic E-state index is 12.9. The maximum atomic E-state index is 12.9. The standard InChI is InChI=1S/C23H30F2NO7P/c1-6-16-14(4)18-10-32-23(29)20(18)21(27)17(16)9-8-13(3)12-34(30)26(33-11-19(24)25)15(5)22(28)31-7-2/h8,15,19H,6-7,9-12H2,1-5H3/p+1/t15-/m0/s1. The van der Waals surface area contributed by atoms with Crippen LogP contribution in [0.25, 0.3) is 0 Å². The number of nitrogens with zero attached hydrogens (tertiary/aromatic N) is 1. The second kappa shape index (κ2) is 12.3. The molecule has 1 N–H and O–H groups in total. The topological polar surface area (TPSA) is 102 Å². The summed E-state index contributed by atoms with van der Waals surface area (Å²) in [6.07, 6.45) is -0.229. The van der Waals surface area contributed by atoms with Crippen LogP contribution in [0, 0.1) is 6.92 Å². The van der Waals surface area contributed by atoms with Crippen molar-refractivity contribution >= 4 is 19.9 Å². The van der Waals surface area contributed by atoms with Gasteiger partial charge in [-0.3, -0.25) is 9.63 Å². The summed E-state index contributed by atoms with van der Waals surface area (Å²) in [7, 11) is -2.39. The number of esters is 2. The van der Waals surface area contributed by atoms with E-state index in [2.05, 4.69) is 0 Å². The number of phenolic OH excluding ortho intramolecular Hbond substituents is 1. The quantitative estimate of drug-likeness (QED) is 0.191. The van der Waals surface area contributed by atoms with Crippen molar-refractivity contribution in [2.75, 3.05) is 19.4 Å². The minimum absolute atomic E-state index is 0.0590. The number of hydrogen-bond donors (Lipinski definition) is 1. The van der Waals surface area contributed by atoms with Crippen molar-refractivity contribution in [3.8, 4) is 5.75 Å². The van der Waals surface area contributed by atoms with Crippen molar-refractivity contribution in [1.29, 1.82) is 0 Å². The average Bonchev–Trinajstić information content (AvgIpc) is 3.17. The minimum Gasteiger partial charge on any atom is -0.507 e. The third-order valence-electron chi connectivity index (χ3n) is 5.55. The average molecular weight is 502 g/mol. The van der Waals surface area contributed by atoms with Gasteiger partial charge in [-0.2, -0.15) is 0 Å². The van der Waals surface area contributed by atoms with Gasteiger partial charge in [-0.1, -0.05) is 13.0 Å². The molecular formula is C23H31F2NO7P+. The highest BCUT2D eigenvalue weighted by Gasteiger charge is 2.39. The molecule has 0 bridgehead atoms. The number of fused-ring (bicyclic) bond motifs is 1. The Morgan fingerprint density at radius 2 is 2.00 bits per heavy atom. The molecule has 2 rings (SSSR count). The lowest BCUT2D eigenvalue weighted by atomic mass is 9.89. The molecule has 1 aromatic carbocycles. The Hall–Kier alpha value is -2.42. The molecule has 0 aliphatic carbocycles. The first-order chi connectivity index (χ1) is 16.0. The molecule has 0 radical (unpaired) electrons. The number of rotatable bonds is 12. The zero-order chi connectivity index (χ0) is 25.6. The zero-order valence-electron chi connectivity index (χ0n) is 20.0. The number of cyclic esters (lactones) is 1. The molecule has 1 heterocycles. The fourth-order valence-electron chi connectivity index (χ4n) is 3.82. The van der Waals surface area contributed by atoms with Crippen LogP contribution in [0.5, 0.6) is 5.75 Å². The van der Waals surface area contributed by atoms with Crippen LogP contribution < -0.4 is 0 Å². The van der Waals surface area contributed by atoms with E-state index in [9.17, 15) is 28.0 Å². The van der Waals surface area contributed by atoms with E-state index in [0.29, 0.717) is 23.1 Å². The molecule has 0 spiro atoms. The van der Waals surface area contributed by atoms with Gasteiger partial charge >= 0.3 is 19.9 Å². The van der Waals surface area contributed by atoms with Crippen molar-refractivity contribution in [2.45, 2.75) is 66.5 Å². The smallest absolute Gasteiger partial charge is 0.465 e. The monoisotopic (exact) mass is 502 g/mol. The predicted molar refractivity (Wildman–Crippen MR) is 121 cm³/mol. The van der Waals surface area contributed by atoms with Gasteiger partial charge in [0.2, 0.25) is 0 Å². The molecule has 2 atom stereocenters. The Bertz CT molecular complexity index is 981. The Kier molecular flexibility index (Phi) is 10.1. The summed E-state index contributed by atoms with van der Waals surface area (Å²) in [6.45, 7) is 7.69. The molecule has 34 heavy (non-hydrogen) atoms. The van der Waals surface area contributed by atoms with Gasteiger partial charge in [0, 0.05) is 16.0 Å². The number of phenols is 1. The van der Waals surface area contributed by atoms with Crippen LogP contribution in [0.3, 0.4) is 0 Å². The number of hydrogen-bond acceptors (Lipinski definition) is 7. The molecule has 8 nitrogen and oxygen atoms in total. The molecule has 0 saturated heterocycles. The van der Waals surface area contributed by atoms with E-state index < -0.39 is 39.0 Å². The molecule has 0 fully saturated rings. The van der Waals surface area contributed by atoms with Crippen LogP contribution in [-0.2, 0) is 43.1 Å². The Balaban J connectivity index is 2.24. The van der Waals surface area contributed by atoms with Gasteiger partial charge < -0.3 is 14.6 Å². The number of carbonyl (C=O) groups excluding carboxylic acids is 2. The first-order valence-electron chi connectivity index (χ1n) is 11.0. The lowest BCUT2D eigenvalue weighted by Crippen LogP contribution is -2.37. The molecule has 1 aliphatic rings. The normalized spacial score (nSPS) is 14.9. The van der Waals surface area contributed by atoms with Gasteiger partial charge in [-0.05, 0) is 61.8 Å². The van der Waals surface area contributed by atoms with Crippen LogP contribution in [-0.4, -0.2) is 53.7 Å². The second-order valence-electron chi connectivity index (χ2n) is 7.90. The summed E-state index contributed by atoms with van der Waals surface area (Å²) in [5.41, 5.74) is 3.87. The van der Waals surface area contributed by atoms with E-state index in [1.165, 1.54) is 6.92 Å². The third kappa shape index (κ3) is 6.37. The lowest BCUT2D eigenvalue weighted by molar-refractivity contribution is -0.173. The largest absolute Gasteiger partial charge is 0.507 e. The second-order valence-corrected chi connectivity index (χ2v) is 9.31. The highest BCUT2D eigenvalue weighted by atomic mass is 31.1. The van der Waals surface area contributed by atoms with Crippen LogP contribution in [0.4, 0.5) is 8.78 Å². The molecule has 11 heteroatoms. The van der Waals surface area contributed by atoms with E-state index in [0.717, 1.165) is 16.0 Å². The number of carbonyl (C=O) groups is 2. The zero-order valence-corrected chi connectivity index (χ0v) is 20.9. The van der Waals surface area contributed by atoms with E-state index in [1.807, 2.05) is 13.8 Å². The molecule has 0 saturated carbocycles. The summed E-state index contributed by atoms with van der Waals surface area (Å²) in [4.78, 5) is 29.9. The molecule has 1 aromatic rings. The lowest BCUT2D eigenvalue weighted by Gasteiger charge is -2.17. The highest BCUT2D eigenvalue weighted by Crippen LogP contribution is 2.39. The van der Waals surface area contributed by atoms with Crippen molar-refractivity contribution in [2.24, 2.45) is 0 Å². The molecule has 0 aromatic heterocycles. The Morgan fingerprint density at radius 3 is 2.59 bits per heavy atom. The Labute approximate surface area is 198 Å². The van der Waals surface area contributed by atoms with E-state index in [-0.39, 0.29) is 37.1 Å². The van der Waals surface area contributed by atoms with Gasteiger partial charge in [0.1, 0.15) is 24.5 Å². The van der Waals surface area contributed by atoms with Gasteiger partial charge in [0.15, 0.2) is 12.2 Å². The van der Waals surface area contributed by atoms with E-state index in [1.54, 1.807) is 19.9 Å². The number of ether oxygens (including phenoxy) is 2. The molecule has 0 amide bonds. The fraction of sp³-hybridized carbons (Fsp3) is 0.565. The maximum Gasteiger partial charge on any atom is 0.465 e. The SMILES string of the molecule is CCOC(=O)[C@H](C)N(OCC(F)F)[P+](=O)CC(C)=CCc1c(O)c2c(c(C)c1CC)COC2=O. The van der Waals surface area contributed by atoms with E-state index in [4.69, 9.17) is 14.3 Å². The number of aromatic hydroxyl groups is 1. The summed E-state index contributed by atoms with van der Waals surface area (Å²) < 4.78 is 48.2. The van der Waals surface area contributed by atoms with Crippen molar-refractivity contribution < 1.29 is 42.4 Å². The van der Waals surface area contributed by atoms with Crippen LogP contribution in [0.2, 0.25) is 0 Å². The summed E-state index contributed by atoms with van der Waals surface area (Å²) in [5, 5.41) is 10.8. The van der Waals surface area contributed by atoms with Gasteiger partial charge in [0.25, 0.3) is 6.43 Å². The minimum atomic E-state index is -2.80. The first-order valence-corrected chi connectivity index (χ1v) is 12.4. The number of halogens is 2. The van der Waals surface area contributed by atoms with Crippen molar-refractivity contribution in [1.82, 2.24) is 4.83 Å². The molecule has 1 unspecified atom stereocenters. The fourth-order valence-corrected chi connectivity index (χ4v) is 5.19. The highest BCUT2D eigenvalue weighted by molar-refractivity contribution is 7.42. The van der Waals surface area contributed by atoms with Gasteiger partial charge in [0.05, 0.1) is 6.61 Å². The number of allylic oxidation sites excluding steroid dienone is 2. The predicted octanol–water partition coefficient (Wildman–Crippen LogP) is 4.61. The van der Waals surface area contributed by atoms with Crippen molar-refractivity contribution in [3.63, 3.8) is 0 Å². The van der Waals surface area contributed by atoms with Gasteiger partial charge in [-0.15, -0.1) is 0 Å².